The van der Waals surface area contributed by atoms with Gasteiger partial charge >= 0.3 is 0 Å². The Labute approximate surface area is 124 Å². The summed E-state index contributed by atoms with van der Waals surface area (Å²) in [6.45, 7) is 6.17. The zero-order chi connectivity index (χ0) is 14.2. The number of hydrogen-bond donors (Lipinski definition) is 0. The third kappa shape index (κ3) is 2.48. The van der Waals surface area contributed by atoms with E-state index in [9.17, 15) is 0 Å². The minimum atomic E-state index is -0.0697. The SMILES string of the molecule is CC(Cn1cccn1)C1(C(C)c2ccc(Cl)cc2)CO1. The molecule has 1 saturated heterocycles. The fourth-order valence-corrected chi connectivity index (χ4v) is 3.05. The van der Waals surface area contributed by atoms with Crippen LogP contribution in [0, 0.1) is 5.92 Å². The highest BCUT2D eigenvalue weighted by molar-refractivity contribution is 6.30. The first kappa shape index (κ1) is 13.7. The second-order valence-electron chi connectivity index (χ2n) is 5.65. The van der Waals surface area contributed by atoms with Crippen LogP contribution in [0.4, 0.5) is 0 Å². The fourth-order valence-electron chi connectivity index (χ4n) is 2.92. The van der Waals surface area contributed by atoms with Gasteiger partial charge < -0.3 is 4.74 Å². The number of nitrogens with zero attached hydrogens (tertiary/aromatic N) is 2. The first-order valence-electron chi connectivity index (χ1n) is 6.98. The third-order valence-corrected chi connectivity index (χ3v) is 4.69. The molecule has 1 aromatic heterocycles. The van der Waals surface area contributed by atoms with Gasteiger partial charge in [-0.1, -0.05) is 37.6 Å². The van der Waals surface area contributed by atoms with Gasteiger partial charge in [-0.2, -0.15) is 5.10 Å². The van der Waals surface area contributed by atoms with E-state index in [2.05, 4.69) is 31.1 Å². The van der Waals surface area contributed by atoms with Crippen molar-refractivity contribution < 1.29 is 4.74 Å². The molecular formula is C16H19ClN2O. The highest BCUT2D eigenvalue weighted by Crippen LogP contribution is 2.47. The molecule has 3 unspecified atom stereocenters. The maximum absolute atomic E-state index is 5.96. The molecule has 0 radical (unpaired) electrons. The smallest absolute Gasteiger partial charge is 0.102 e. The van der Waals surface area contributed by atoms with E-state index in [1.54, 1.807) is 0 Å². The zero-order valence-electron chi connectivity index (χ0n) is 11.8. The van der Waals surface area contributed by atoms with Crippen LogP contribution in [0.25, 0.3) is 0 Å². The van der Waals surface area contributed by atoms with Crippen LogP contribution < -0.4 is 0 Å². The molecule has 0 bridgehead atoms. The topological polar surface area (TPSA) is 30.4 Å². The van der Waals surface area contributed by atoms with Crippen molar-refractivity contribution in [1.82, 2.24) is 9.78 Å². The summed E-state index contributed by atoms with van der Waals surface area (Å²) < 4.78 is 7.85. The van der Waals surface area contributed by atoms with Crippen molar-refractivity contribution in [3.63, 3.8) is 0 Å². The monoisotopic (exact) mass is 290 g/mol. The number of hydrogen-bond acceptors (Lipinski definition) is 2. The van der Waals surface area contributed by atoms with E-state index in [-0.39, 0.29) is 5.60 Å². The van der Waals surface area contributed by atoms with Gasteiger partial charge in [0.1, 0.15) is 5.60 Å². The lowest BCUT2D eigenvalue weighted by Crippen LogP contribution is -2.31. The standard InChI is InChI=1S/C16H19ClN2O/c1-12(10-19-9-3-8-18-19)16(11-20-16)13(2)14-4-6-15(17)7-5-14/h3-9,12-13H,10-11H2,1-2H3. The van der Waals surface area contributed by atoms with Crippen molar-refractivity contribution in [2.24, 2.45) is 5.92 Å². The summed E-state index contributed by atoms with van der Waals surface area (Å²) in [6, 6.07) is 10.0. The lowest BCUT2D eigenvalue weighted by molar-refractivity contribution is 0.179. The van der Waals surface area contributed by atoms with Crippen molar-refractivity contribution >= 4 is 11.6 Å². The minimum Gasteiger partial charge on any atom is -0.369 e. The van der Waals surface area contributed by atoms with E-state index in [0.29, 0.717) is 11.8 Å². The number of epoxide rings is 1. The molecule has 1 aromatic carbocycles. The maximum atomic E-state index is 5.96. The molecular weight excluding hydrogens is 272 g/mol. The van der Waals surface area contributed by atoms with E-state index >= 15 is 0 Å². The molecule has 0 aliphatic carbocycles. The molecule has 3 rings (SSSR count). The highest BCUT2D eigenvalue weighted by atomic mass is 35.5. The fraction of sp³-hybridized carbons (Fsp3) is 0.438. The molecule has 3 atom stereocenters. The molecule has 2 aromatic rings. The number of aromatic nitrogens is 2. The van der Waals surface area contributed by atoms with Gasteiger partial charge in [-0.05, 0) is 23.8 Å². The Morgan fingerprint density at radius 3 is 2.60 bits per heavy atom. The average molecular weight is 291 g/mol. The van der Waals surface area contributed by atoms with Gasteiger partial charge in [0.15, 0.2) is 0 Å². The summed E-state index contributed by atoms with van der Waals surface area (Å²) in [4.78, 5) is 0. The summed E-state index contributed by atoms with van der Waals surface area (Å²) >= 11 is 5.96. The largest absolute Gasteiger partial charge is 0.369 e. The Morgan fingerprint density at radius 2 is 2.05 bits per heavy atom. The molecule has 0 amide bonds. The highest BCUT2D eigenvalue weighted by Gasteiger charge is 2.54. The number of rotatable bonds is 5. The second-order valence-corrected chi connectivity index (χ2v) is 6.08. The van der Waals surface area contributed by atoms with Crippen molar-refractivity contribution in [1.29, 1.82) is 0 Å². The van der Waals surface area contributed by atoms with Gasteiger partial charge in [-0.15, -0.1) is 0 Å². The predicted octanol–water partition coefficient (Wildman–Crippen LogP) is 3.75. The van der Waals surface area contributed by atoms with Crippen LogP contribution in [0.5, 0.6) is 0 Å². The molecule has 4 heteroatoms. The van der Waals surface area contributed by atoms with Gasteiger partial charge in [0.05, 0.1) is 6.61 Å². The first-order chi connectivity index (χ1) is 9.62. The molecule has 3 nitrogen and oxygen atoms in total. The second kappa shape index (κ2) is 5.23. The molecule has 0 N–H and O–H groups in total. The average Bonchev–Trinajstić information content (AvgIpc) is 3.11. The minimum absolute atomic E-state index is 0.0697. The maximum Gasteiger partial charge on any atom is 0.102 e. The molecule has 0 saturated carbocycles. The van der Waals surface area contributed by atoms with Crippen LogP contribution in [0.2, 0.25) is 5.02 Å². The molecule has 20 heavy (non-hydrogen) atoms. The van der Waals surface area contributed by atoms with Crippen molar-refractivity contribution in [2.75, 3.05) is 6.61 Å². The van der Waals surface area contributed by atoms with E-state index < -0.39 is 0 Å². The van der Waals surface area contributed by atoms with Gasteiger partial charge in [0, 0.05) is 35.8 Å². The van der Waals surface area contributed by atoms with Crippen molar-refractivity contribution in [2.45, 2.75) is 31.9 Å². The van der Waals surface area contributed by atoms with Crippen LogP contribution in [0.3, 0.4) is 0 Å². The molecule has 106 valence electrons. The normalized spacial score (nSPS) is 24.4. The molecule has 0 spiro atoms. The van der Waals surface area contributed by atoms with Gasteiger partial charge in [-0.3, -0.25) is 4.68 Å². The Kier molecular flexibility index (Phi) is 3.57. The Morgan fingerprint density at radius 1 is 1.35 bits per heavy atom. The molecule has 1 aliphatic rings. The van der Waals surface area contributed by atoms with Crippen LogP contribution in [0.1, 0.15) is 25.3 Å². The third-order valence-electron chi connectivity index (χ3n) is 4.43. The number of halogens is 1. The number of benzene rings is 1. The van der Waals surface area contributed by atoms with Gasteiger partial charge in [0.2, 0.25) is 0 Å². The van der Waals surface area contributed by atoms with Gasteiger partial charge in [-0.25, -0.2) is 0 Å². The van der Waals surface area contributed by atoms with Crippen molar-refractivity contribution in [3.8, 4) is 0 Å². The van der Waals surface area contributed by atoms with E-state index in [1.165, 1.54) is 5.56 Å². The van der Waals surface area contributed by atoms with Crippen molar-refractivity contribution in [3.05, 3.63) is 53.3 Å². The van der Waals surface area contributed by atoms with Gasteiger partial charge in [0.25, 0.3) is 0 Å². The predicted molar refractivity (Wildman–Crippen MR) is 79.9 cm³/mol. The Hall–Kier alpha value is -1.32. The van der Waals surface area contributed by atoms with E-state index in [1.807, 2.05) is 35.3 Å². The van der Waals surface area contributed by atoms with Crippen LogP contribution in [0.15, 0.2) is 42.7 Å². The Balaban J connectivity index is 1.76. The first-order valence-corrected chi connectivity index (χ1v) is 7.36. The zero-order valence-corrected chi connectivity index (χ0v) is 12.5. The summed E-state index contributed by atoms with van der Waals surface area (Å²) in [7, 11) is 0. The Bertz CT molecular complexity index is 561. The van der Waals surface area contributed by atoms with E-state index in [4.69, 9.17) is 16.3 Å². The summed E-state index contributed by atoms with van der Waals surface area (Å²) in [5.41, 5.74) is 1.21. The lowest BCUT2D eigenvalue weighted by Gasteiger charge is -2.27. The molecule has 1 fully saturated rings. The van der Waals surface area contributed by atoms with Crippen LogP contribution in [-0.4, -0.2) is 22.0 Å². The molecule has 2 heterocycles. The summed E-state index contributed by atoms with van der Waals surface area (Å²) in [5.74, 6) is 0.762. The summed E-state index contributed by atoms with van der Waals surface area (Å²) in [6.07, 6.45) is 3.81. The van der Waals surface area contributed by atoms with Crippen LogP contribution >= 0.6 is 11.6 Å². The lowest BCUT2D eigenvalue weighted by atomic mass is 9.79. The molecule has 1 aliphatic heterocycles. The quantitative estimate of drug-likeness (QED) is 0.785. The number of ether oxygens (including phenoxy) is 1. The van der Waals surface area contributed by atoms with E-state index in [0.717, 1.165) is 18.2 Å². The van der Waals surface area contributed by atoms with Crippen LogP contribution in [-0.2, 0) is 11.3 Å². The summed E-state index contributed by atoms with van der Waals surface area (Å²) in [5, 5.41) is 5.06.